The second-order valence-electron chi connectivity index (χ2n) is 9.41. The second-order valence-corrected chi connectivity index (χ2v) is 9.41. The number of ether oxygens (including phenoxy) is 8. The molecule has 1 amide bonds. The van der Waals surface area contributed by atoms with Crippen molar-refractivity contribution < 1.29 is 52.3 Å². The Morgan fingerprint density at radius 1 is 0.625 bits per heavy atom. The van der Waals surface area contributed by atoms with E-state index in [9.17, 15) is 14.4 Å². The molecule has 0 fully saturated rings. The lowest BCUT2D eigenvalue weighted by Gasteiger charge is -2.24. The van der Waals surface area contributed by atoms with Crippen molar-refractivity contribution in [2.75, 3.05) is 99.5 Å². The summed E-state index contributed by atoms with van der Waals surface area (Å²) in [5.41, 5.74) is -0.225. The van der Waals surface area contributed by atoms with E-state index in [4.69, 9.17) is 37.9 Å². The van der Waals surface area contributed by atoms with E-state index in [1.165, 1.54) is 4.90 Å². The van der Waals surface area contributed by atoms with Crippen LogP contribution in [0.4, 0.5) is 4.79 Å². The number of hydrogen-bond donors (Lipinski definition) is 0. The van der Waals surface area contributed by atoms with Gasteiger partial charge in [0.25, 0.3) is 5.78 Å². The van der Waals surface area contributed by atoms with E-state index in [1.54, 1.807) is 37.4 Å². The Morgan fingerprint density at radius 3 is 1.45 bits per heavy atom. The monoisotopic (exact) mass is 571 g/mol. The molecule has 0 radical (unpaired) electrons. The fraction of sp³-hybridized carbons (Fsp3) is 0.679. The smallest absolute Gasteiger partial charge is 0.410 e. The normalized spacial score (nSPS) is 11.3. The number of likely N-dealkylation sites (N-methyl/N-ethyl adjacent to an activating group) is 1. The third kappa shape index (κ3) is 19.4. The molecule has 0 spiro atoms. The van der Waals surface area contributed by atoms with Crippen LogP contribution in [0, 0.1) is 0 Å². The van der Waals surface area contributed by atoms with Crippen LogP contribution in [0.25, 0.3) is 0 Å². The molecule has 0 bridgehead atoms. The molecule has 40 heavy (non-hydrogen) atoms. The molecular weight excluding hydrogens is 526 g/mol. The second kappa shape index (κ2) is 22.1. The zero-order valence-electron chi connectivity index (χ0n) is 24.2. The highest BCUT2D eigenvalue weighted by Crippen LogP contribution is 2.08. The Kier molecular flexibility index (Phi) is 19.6. The maximum Gasteiger partial charge on any atom is 0.410 e. The number of Topliss-reactive ketones (excluding diaryl/α,β-unsaturated/α-hetero) is 1. The highest BCUT2D eigenvalue weighted by molar-refractivity contribution is 6.40. The minimum atomic E-state index is -0.900. The third-order valence-corrected chi connectivity index (χ3v) is 4.82. The molecule has 1 rings (SSSR count). The van der Waals surface area contributed by atoms with Gasteiger partial charge >= 0.3 is 12.1 Å². The van der Waals surface area contributed by atoms with Crippen LogP contribution in [0.3, 0.4) is 0 Å². The number of amides is 1. The molecule has 1 aromatic carbocycles. The van der Waals surface area contributed by atoms with Gasteiger partial charge in [-0.15, -0.1) is 0 Å². The van der Waals surface area contributed by atoms with E-state index < -0.39 is 17.4 Å². The summed E-state index contributed by atoms with van der Waals surface area (Å²) in [5.74, 6) is -1.58. The molecule has 0 saturated heterocycles. The van der Waals surface area contributed by atoms with Crippen molar-refractivity contribution in [2.24, 2.45) is 0 Å². The largest absolute Gasteiger partial charge is 0.457 e. The Morgan fingerprint density at radius 2 is 1.02 bits per heavy atom. The predicted molar refractivity (Wildman–Crippen MR) is 146 cm³/mol. The van der Waals surface area contributed by atoms with Crippen molar-refractivity contribution in [2.45, 2.75) is 26.4 Å². The summed E-state index contributed by atoms with van der Waals surface area (Å²) in [5, 5.41) is 0. The lowest BCUT2D eigenvalue weighted by Crippen LogP contribution is -2.36. The number of rotatable bonds is 23. The summed E-state index contributed by atoms with van der Waals surface area (Å²) in [7, 11) is 1.67. The molecular formula is C28H45NO11. The van der Waals surface area contributed by atoms with Crippen LogP contribution in [0.15, 0.2) is 30.3 Å². The van der Waals surface area contributed by atoms with Gasteiger partial charge in [0.05, 0.1) is 79.3 Å². The summed E-state index contributed by atoms with van der Waals surface area (Å²) in [6.07, 6.45) is -0.375. The Labute approximate surface area is 237 Å². The van der Waals surface area contributed by atoms with Gasteiger partial charge in [-0.25, -0.2) is 9.59 Å². The van der Waals surface area contributed by atoms with E-state index >= 15 is 0 Å². The van der Waals surface area contributed by atoms with Gasteiger partial charge in [-0.05, 0) is 20.8 Å². The molecule has 0 heterocycles. The van der Waals surface area contributed by atoms with Crippen molar-refractivity contribution in [3.05, 3.63) is 35.9 Å². The average molecular weight is 572 g/mol. The number of carbonyl (C=O) groups excluding carboxylic acids is 3. The first-order valence-electron chi connectivity index (χ1n) is 13.4. The van der Waals surface area contributed by atoms with Crippen molar-refractivity contribution >= 4 is 17.8 Å². The number of nitrogens with zero attached hydrogens (tertiary/aromatic N) is 1. The Bertz CT molecular complexity index is 814. The highest BCUT2D eigenvalue weighted by Gasteiger charge is 2.19. The third-order valence-electron chi connectivity index (χ3n) is 4.82. The molecule has 1 aromatic rings. The van der Waals surface area contributed by atoms with E-state index in [0.29, 0.717) is 84.8 Å². The first-order valence-corrected chi connectivity index (χ1v) is 13.4. The minimum Gasteiger partial charge on any atom is -0.457 e. The summed E-state index contributed by atoms with van der Waals surface area (Å²) in [6.45, 7) is 10.7. The topological polar surface area (TPSA) is 128 Å². The standard InChI is InChI=1S/C28H45NO11/c1-28(2,3)40-27(32)29(4)10-11-33-12-13-34-14-15-35-16-17-36-18-19-37-20-21-38-22-23-39-26(31)25(30)24-8-6-5-7-9-24/h5-9H,10-23H2,1-4H3. The van der Waals surface area contributed by atoms with Gasteiger partial charge in [0.1, 0.15) is 12.2 Å². The summed E-state index contributed by atoms with van der Waals surface area (Å²) in [4.78, 5) is 36.9. The van der Waals surface area contributed by atoms with Gasteiger partial charge < -0.3 is 42.8 Å². The van der Waals surface area contributed by atoms with Crippen LogP contribution >= 0.6 is 0 Å². The predicted octanol–water partition coefficient (Wildman–Crippen LogP) is 2.38. The molecule has 0 N–H and O–H groups in total. The minimum absolute atomic E-state index is 0.00542. The van der Waals surface area contributed by atoms with Crippen LogP contribution in [0.1, 0.15) is 31.1 Å². The quantitative estimate of drug-likeness (QED) is 0.0831. The van der Waals surface area contributed by atoms with Gasteiger partial charge in [-0.2, -0.15) is 0 Å². The molecule has 0 unspecified atom stereocenters. The number of benzene rings is 1. The summed E-state index contributed by atoms with van der Waals surface area (Å²) < 4.78 is 42.6. The van der Waals surface area contributed by atoms with E-state index in [1.807, 2.05) is 20.8 Å². The van der Waals surface area contributed by atoms with Gasteiger partial charge in [0, 0.05) is 19.2 Å². The Hall–Kier alpha value is -2.61. The summed E-state index contributed by atoms with van der Waals surface area (Å²) in [6, 6.07) is 8.24. The molecule has 228 valence electrons. The molecule has 12 nitrogen and oxygen atoms in total. The van der Waals surface area contributed by atoms with E-state index in [2.05, 4.69) is 0 Å². The number of esters is 1. The number of ketones is 1. The number of hydrogen-bond acceptors (Lipinski definition) is 11. The molecule has 0 aliphatic carbocycles. The fourth-order valence-corrected chi connectivity index (χ4v) is 2.80. The molecule has 0 saturated carbocycles. The van der Waals surface area contributed by atoms with Crippen LogP contribution in [0.2, 0.25) is 0 Å². The van der Waals surface area contributed by atoms with Gasteiger partial charge in [-0.1, -0.05) is 30.3 Å². The van der Waals surface area contributed by atoms with Gasteiger partial charge in [0.2, 0.25) is 0 Å². The van der Waals surface area contributed by atoms with Crippen molar-refractivity contribution in [1.29, 1.82) is 0 Å². The molecule has 0 atom stereocenters. The molecule has 0 aliphatic heterocycles. The lowest BCUT2D eigenvalue weighted by molar-refractivity contribution is -0.139. The lowest BCUT2D eigenvalue weighted by atomic mass is 10.1. The van der Waals surface area contributed by atoms with Gasteiger partial charge in [0.15, 0.2) is 0 Å². The average Bonchev–Trinajstić information content (AvgIpc) is 2.92. The molecule has 12 heteroatoms. The maximum atomic E-state index is 11.9. The van der Waals surface area contributed by atoms with Crippen molar-refractivity contribution in [3.8, 4) is 0 Å². The molecule has 0 aromatic heterocycles. The zero-order valence-corrected chi connectivity index (χ0v) is 24.2. The SMILES string of the molecule is CN(CCOCCOCCOCCOCCOCCOCCOC(=O)C(=O)c1ccccc1)C(=O)OC(C)(C)C. The molecule has 0 aliphatic rings. The van der Waals surface area contributed by atoms with Crippen molar-refractivity contribution in [3.63, 3.8) is 0 Å². The van der Waals surface area contributed by atoms with Crippen molar-refractivity contribution in [1.82, 2.24) is 4.90 Å². The van der Waals surface area contributed by atoms with E-state index in [-0.39, 0.29) is 19.3 Å². The highest BCUT2D eigenvalue weighted by atomic mass is 16.6. The van der Waals surface area contributed by atoms with Gasteiger partial charge in [-0.3, -0.25) is 4.79 Å². The summed E-state index contributed by atoms with van der Waals surface area (Å²) >= 11 is 0. The maximum absolute atomic E-state index is 11.9. The van der Waals surface area contributed by atoms with Crippen LogP contribution in [-0.2, 0) is 42.7 Å². The first kappa shape index (κ1) is 35.4. The zero-order chi connectivity index (χ0) is 29.5. The van der Waals surface area contributed by atoms with Crippen LogP contribution in [-0.4, -0.2) is 128 Å². The van der Waals surface area contributed by atoms with Crippen LogP contribution in [0.5, 0.6) is 0 Å². The van der Waals surface area contributed by atoms with Crippen LogP contribution < -0.4 is 0 Å². The fourth-order valence-electron chi connectivity index (χ4n) is 2.80. The van der Waals surface area contributed by atoms with E-state index in [0.717, 1.165) is 0 Å². The first-order chi connectivity index (χ1) is 19.2. The number of carbonyl (C=O) groups is 3. The Balaban J connectivity index is 1.77.